The molecule has 4 N–H and O–H groups in total. The molecule has 0 radical (unpaired) electrons. The maximum atomic E-state index is 15.1. The number of hydrogen-bond acceptors (Lipinski definition) is 9. The third kappa shape index (κ3) is 12.2. The zero-order valence-corrected chi connectivity index (χ0v) is 28.5. The van der Waals surface area contributed by atoms with E-state index < -0.39 is 66.2 Å². The minimum Gasteiger partial charge on any atom is -0.394 e. The third-order valence-electron chi connectivity index (χ3n) is 6.56. The summed E-state index contributed by atoms with van der Waals surface area (Å²) in [7, 11) is -0.913. The van der Waals surface area contributed by atoms with Crippen LogP contribution >= 0.6 is 30.7 Å². The molecule has 4 amide bonds. The van der Waals surface area contributed by atoms with Gasteiger partial charge in [0, 0.05) is 30.9 Å². The second kappa shape index (κ2) is 18.3. The van der Waals surface area contributed by atoms with Gasteiger partial charge in [0.1, 0.15) is 6.10 Å². The van der Waals surface area contributed by atoms with E-state index in [-0.39, 0.29) is 35.6 Å². The van der Waals surface area contributed by atoms with Crippen molar-refractivity contribution in [2.24, 2.45) is 0 Å². The van der Waals surface area contributed by atoms with Crippen LogP contribution in [0.15, 0.2) is 48.5 Å². The molecule has 0 saturated heterocycles. The van der Waals surface area contributed by atoms with Crippen molar-refractivity contribution >= 4 is 59.9 Å². The Labute approximate surface area is 284 Å². The zero-order valence-electron chi connectivity index (χ0n) is 26.1. The summed E-state index contributed by atoms with van der Waals surface area (Å²) in [5.74, 6) is -3.16. The normalized spacial score (nSPS) is 14.1. The minimum atomic E-state index is -5.14. The van der Waals surface area contributed by atoms with Gasteiger partial charge < -0.3 is 30.5 Å². The molecule has 20 heteroatoms. The van der Waals surface area contributed by atoms with Crippen LogP contribution in [0.5, 0.6) is 0 Å². The van der Waals surface area contributed by atoms with Gasteiger partial charge in [-0.3, -0.25) is 28.9 Å². The summed E-state index contributed by atoms with van der Waals surface area (Å²) in [6, 6.07) is 7.37. The average molecular weight is 744 g/mol. The highest BCUT2D eigenvalue weighted by atomic mass is 35.5. The lowest BCUT2D eigenvalue weighted by Crippen LogP contribution is -2.46. The number of urea groups is 1. The Morgan fingerprint density at radius 1 is 1.06 bits per heavy atom. The molecule has 14 nitrogen and oxygen atoms in total. The summed E-state index contributed by atoms with van der Waals surface area (Å²) in [5, 5.41) is 28.3. The monoisotopic (exact) mass is 742 g/mol. The van der Waals surface area contributed by atoms with E-state index in [4.69, 9.17) is 27.7 Å². The molecule has 0 bridgehead atoms. The molecular formula is C28H36Cl2F3N6O8P. The molecule has 0 saturated carbocycles. The number of aliphatic hydroxyl groups is 1. The van der Waals surface area contributed by atoms with Gasteiger partial charge >= 0.3 is 25.6 Å². The van der Waals surface area contributed by atoms with Crippen LogP contribution in [-0.2, 0) is 24.8 Å². The van der Waals surface area contributed by atoms with E-state index in [1.165, 1.54) is 24.3 Å². The average Bonchev–Trinajstić information content (AvgIpc) is 3.01. The molecule has 0 spiro atoms. The van der Waals surface area contributed by atoms with Crippen molar-refractivity contribution in [3.8, 4) is 0 Å². The highest BCUT2D eigenvalue weighted by Gasteiger charge is 2.42. The minimum absolute atomic E-state index is 0.107. The number of nitro benzene ring substituents is 1. The first-order valence-corrected chi connectivity index (χ1v) is 16.9. The largest absolute Gasteiger partial charge is 0.471 e. The highest BCUT2D eigenvalue weighted by Crippen LogP contribution is 2.57. The van der Waals surface area contributed by atoms with Gasteiger partial charge in [-0.1, -0.05) is 35.3 Å². The van der Waals surface area contributed by atoms with Crippen LogP contribution in [0, 0.1) is 10.1 Å². The number of amides is 4. The maximum absolute atomic E-state index is 15.1. The second-order valence-corrected chi connectivity index (χ2v) is 13.9. The number of hydrogen-bond donors (Lipinski definition) is 4. The van der Waals surface area contributed by atoms with E-state index in [1.54, 1.807) is 26.3 Å². The molecule has 48 heavy (non-hydrogen) atoms. The second-order valence-electron chi connectivity index (χ2n) is 10.5. The van der Waals surface area contributed by atoms with Crippen LogP contribution in [0.2, 0.25) is 0 Å². The fourth-order valence-electron chi connectivity index (χ4n) is 4.27. The van der Waals surface area contributed by atoms with Crippen LogP contribution in [0.4, 0.5) is 29.3 Å². The smallest absolute Gasteiger partial charge is 0.394 e. The summed E-state index contributed by atoms with van der Waals surface area (Å²) in [4.78, 5) is 48.2. The molecule has 266 valence electrons. The lowest BCUT2D eigenvalue weighted by Gasteiger charge is -2.36. The quantitative estimate of drug-likeness (QED) is 0.0765. The van der Waals surface area contributed by atoms with Crippen LogP contribution < -0.4 is 16.0 Å². The number of anilines is 1. The van der Waals surface area contributed by atoms with Crippen LogP contribution in [0.1, 0.15) is 30.6 Å². The van der Waals surface area contributed by atoms with Gasteiger partial charge in [-0.05, 0) is 69.4 Å². The predicted octanol–water partition coefficient (Wildman–Crippen LogP) is 4.81. The lowest BCUT2D eigenvalue weighted by molar-refractivity contribution is -0.384. The topological polar surface area (TPSA) is 183 Å². The van der Waals surface area contributed by atoms with Gasteiger partial charge in [0.2, 0.25) is 0 Å². The van der Waals surface area contributed by atoms with Gasteiger partial charge in [-0.2, -0.15) is 13.2 Å². The maximum Gasteiger partial charge on any atom is 0.471 e. The molecule has 0 heterocycles. The number of aliphatic hydroxyl groups excluding tert-OH is 1. The molecular weight excluding hydrogens is 707 g/mol. The summed E-state index contributed by atoms with van der Waals surface area (Å²) < 4.78 is 60.6. The number of benzene rings is 2. The van der Waals surface area contributed by atoms with E-state index >= 15 is 4.57 Å². The molecule has 0 aliphatic carbocycles. The summed E-state index contributed by atoms with van der Waals surface area (Å²) in [5.41, 5.74) is -0.210. The number of nitrogens with zero attached hydrogens (tertiary/aromatic N) is 3. The number of nitrogens with one attached hydrogen (secondary N) is 3. The predicted molar refractivity (Wildman–Crippen MR) is 173 cm³/mol. The molecule has 2 rings (SSSR count). The Balaban J connectivity index is 2.69. The van der Waals surface area contributed by atoms with Crippen molar-refractivity contribution in [1.29, 1.82) is 0 Å². The van der Waals surface area contributed by atoms with Crippen molar-refractivity contribution < 1.29 is 46.7 Å². The highest BCUT2D eigenvalue weighted by molar-refractivity contribution is 7.56. The van der Waals surface area contributed by atoms with Crippen molar-refractivity contribution in [3.05, 3.63) is 69.8 Å². The van der Waals surface area contributed by atoms with E-state index in [2.05, 4.69) is 10.6 Å². The Hall–Kier alpha value is -3.47. The van der Waals surface area contributed by atoms with Gasteiger partial charge in [0.15, 0.2) is 4.84 Å². The van der Waals surface area contributed by atoms with Gasteiger partial charge in [0.05, 0.1) is 23.7 Å². The van der Waals surface area contributed by atoms with Gasteiger partial charge in [0.25, 0.3) is 11.6 Å². The Bertz CT molecular complexity index is 1450. The zero-order chi connectivity index (χ0) is 36.2. The van der Waals surface area contributed by atoms with Gasteiger partial charge in [-0.15, -0.1) is 0 Å². The standard InChI is InChI=1S/C28H36Cl2F3N6O8P/c1-4-34-27(43)38(15-5-14-37(2)3)48(46,17-18-6-10-20(11-7-18)35-26(42)28(31,32)33)47-23(22(16-40)36-25(41)24(29)30)19-8-12-21(13-9-19)39(44)45/h6-13,22-24,40H,4-5,14-17H2,1-3H3,(H,34,43)(H,35,42)(H,36,41). The summed E-state index contributed by atoms with van der Waals surface area (Å²) >= 11 is 11.4. The molecule has 3 atom stereocenters. The third-order valence-corrected chi connectivity index (χ3v) is 9.39. The first-order chi connectivity index (χ1) is 22.4. The number of nitro groups is 1. The van der Waals surface area contributed by atoms with E-state index in [0.717, 1.165) is 28.9 Å². The molecule has 0 fully saturated rings. The fraction of sp³-hybridized carbons (Fsp3) is 0.464. The molecule has 0 aromatic heterocycles. The van der Waals surface area contributed by atoms with E-state index in [1.807, 2.05) is 4.90 Å². The fourth-order valence-corrected chi connectivity index (χ4v) is 6.84. The molecule has 0 aliphatic rings. The Morgan fingerprint density at radius 2 is 1.67 bits per heavy atom. The Kier molecular flexibility index (Phi) is 15.5. The van der Waals surface area contributed by atoms with Crippen LogP contribution in [0.25, 0.3) is 0 Å². The molecule has 0 aliphatic heterocycles. The van der Waals surface area contributed by atoms with Gasteiger partial charge in [-0.25, -0.2) is 4.79 Å². The lowest BCUT2D eigenvalue weighted by atomic mass is 10.0. The van der Waals surface area contributed by atoms with Crippen molar-refractivity contribution in [1.82, 2.24) is 20.2 Å². The number of alkyl halides is 5. The number of carbonyl (C=O) groups excluding carboxylic acids is 3. The SMILES string of the molecule is CCNC(=O)N(CCCN(C)C)P(=O)(Cc1ccc(NC(=O)C(F)(F)F)cc1)OC(c1ccc([N+](=O)[O-])cc1)C(CO)NC(=O)C(Cl)Cl. The molecule has 2 aromatic carbocycles. The first kappa shape index (κ1) is 40.7. The van der Waals surface area contributed by atoms with Crippen molar-refractivity contribution in [2.75, 3.05) is 45.7 Å². The van der Waals surface area contributed by atoms with Crippen molar-refractivity contribution in [2.45, 2.75) is 42.7 Å². The molecule has 2 aromatic rings. The number of non-ortho nitro benzene ring substituents is 1. The number of carbonyl (C=O) groups is 3. The summed E-state index contributed by atoms with van der Waals surface area (Å²) in [6.07, 6.45) is -6.88. The first-order valence-electron chi connectivity index (χ1n) is 14.3. The van der Waals surface area contributed by atoms with Crippen LogP contribution in [-0.4, -0.2) is 94.8 Å². The number of halogens is 5. The molecule has 3 unspecified atom stereocenters. The Morgan fingerprint density at radius 3 is 2.15 bits per heavy atom. The van der Waals surface area contributed by atoms with Crippen LogP contribution in [0.3, 0.4) is 0 Å². The summed E-state index contributed by atoms with van der Waals surface area (Å²) in [6.45, 7) is 1.27. The van der Waals surface area contributed by atoms with E-state index in [9.17, 15) is 42.8 Å². The number of rotatable bonds is 17. The van der Waals surface area contributed by atoms with E-state index in [0.29, 0.717) is 13.0 Å². The van der Waals surface area contributed by atoms with Crippen molar-refractivity contribution in [3.63, 3.8) is 0 Å².